The van der Waals surface area contributed by atoms with Crippen LogP contribution in [-0.4, -0.2) is 42.0 Å². The van der Waals surface area contributed by atoms with Crippen LogP contribution in [0.3, 0.4) is 0 Å². The maximum atomic E-state index is 12.9. The van der Waals surface area contributed by atoms with Crippen LogP contribution in [0.25, 0.3) is 0 Å². The Morgan fingerprint density at radius 3 is 3.00 bits per heavy atom. The predicted octanol–water partition coefficient (Wildman–Crippen LogP) is 4.15. The van der Waals surface area contributed by atoms with E-state index in [-0.39, 0.29) is 5.91 Å². The van der Waals surface area contributed by atoms with Crippen LogP contribution >= 0.6 is 0 Å². The van der Waals surface area contributed by atoms with E-state index in [1.807, 2.05) is 35.2 Å². The fourth-order valence-corrected chi connectivity index (χ4v) is 3.68. The summed E-state index contributed by atoms with van der Waals surface area (Å²) in [7, 11) is 1.68. The first kappa shape index (κ1) is 19.2. The van der Waals surface area contributed by atoms with Crippen LogP contribution in [0.5, 0.6) is 5.75 Å². The van der Waals surface area contributed by atoms with Crippen molar-refractivity contribution >= 4 is 11.7 Å². The van der Waals surface area contributed by atoms with Gasteiger partial charge in [-0.2, -0.15) is 0 Å². The van der Waals surface area contributed by atoms with E-state index in [1.54, 1.807) is 13.3 Å². The molecule has 0 saturated carbocycles. The molecule has 27 heavy (non-hydrogen) atoms. The fourth-order valence-electron chi connectivity index (χ4n) is 3.68. The summed E-state index contributed by atoms with van der Waals surface area (Å²) in [5.74, 6) is 1.74. The third kappa shape index (κ3) is 5.00. The van der Waals surface area contributed by atoms with Crippen molar-refractivity contribution in [2.45, 2.75) is 45.1 Å². The largest absolute Gasteiger partial charge is 0.497 e. The number of hydrogen-bond donors (Lipinski definition) is 1. The molecule has 1 unspecified atom stereocenters. The van der Waals surface area contributed by atoms with Gasteiger partial charge in [-0.3, -0.25) is 4.79 Å². The first-order chi connectivity index (χ1) is 13.2. The van der Waals surface area contributed by atoms with E-state index in [2.05, 4.69) is 23.3 Å². The SMILES string of the molecule is CCC1CCCCN1C(=O)c1ccnc(NCCc2cccc(OC)c2)c1. The molecule has 2 aromatic rings. The Bertz CT molecular complexity index is 763. The van der Waals surface area contributed by atoms with Gasteiger partial charge in [-0.25, -0.2) is 4.98 Å². The van der Waals surface area contributed by atoms with E-state index in [4.69, 9.17) is 4.74 Å². The molecule has 1 fully saturated rings. The minimum Gasteiger partial charge on any atom is -0.497 e. The van der Waals surface area contributed by atoms with E-state index in [0.29, 0.717) is 11.6 Å². The third-order valence-electron chi connectivity index (χ3n) is 5.22. The smallest absolute Gasteiger partial charge is 0.254 e. The molecule has 1 atom stereocenters. The Morgan fingerprint density at radius 2 is 2.19 bits per heavy atom. The highest BCUT2D eigenvalue weighted by molar-refractivity contribution is 5.95. The van der Waals surface area contributed by atoms with Crippen LogP contribution in [0, 0.1) is 0 Å². The van der Waals surface area contributed by atoms with Gasteiger partial charge in [0.15, 0.2) is 0 Å². The zero-order valence-electron chi connectivity index (χ0n) is 16.3. The Kier molecular flexibility index (Phi) is 6.69. The van der Waals surface area contributed by atoms with Crippen molar-refractivity contribution in [3.05, 3.63) is 53.7 Å². The maximum absolute atomic E-state index is 12.9. The van der Waals surface area contributed by atoms with Gasteiger partial charge in [0.05, 0.1) is 7.11 Å². The molecule has 1 N–H and O–H groups in total. The molecule has 144 valence electrons. The van der Waals surface area contributed by atoms with Crippen molar-refractivity contribution in [3.63, 3.8) is 0 Å². The number of aromatic nitrogens is 1. The molecule has 5 heteroatoms. The van der Waals surface area contributed by atoms with Gasteiger partial charge < -0.3 is 15.0 Å². The Morgan fingerprint density at radius 1 is 1.30 bits per heavy atom. The van der Waals surface area contributed by atoms with Crippen LogP contribution in [0.4, 0.5) is 5.82 Å². The van der Waals surface area contributed by atoms with Gasteiger partial charge in [-0.1, -0.05) is 19.1 Å². The topological polar surface area (TPSA) is 54.5 Å². The number of rotatable bonds is 7. The first-order valence-corrected chi connectivity index (χ1v) is 9.85. The molecule has 2 heterocycles. The summed E-state index contributed by atoms with van der Waals surface area (Å²) < 4.78 is 5.26. The zero-order chi connectivity index (χ0) is 19.1. The molecule has 1 saturated heterocycles. The van der Waals surface area contributed by atoms with Crippen molar-refractivity contribution < 1.29 is 9.53 Å². The normalized spacial score (nSPS) is 16.8. The number of carbonyl (C=O) groups is 1. The molecule has 5 nitrogen and oxygen atoms in total. The van der Waals surface area contributed by atoms with E-state index < -0.39 is 0 Å². The lowest BCUT2D eigenvalue weighted by Gasteiger charge is -2.35. The molecule has 1 aliphatic heterocycles. The minimum absolute atomic E-state index is 0.125. The Balaban J connectivity index is 1.60. The highest BCUT2D eigenvalue weighted by Gasteiger charge is 2.26. The number of pyridine rings is 1. The zero-order valence-corrected chi connectivity index (χ0v) is 16.3. The molecular weight excluding hydrogens is 338 g/mol. The second-order valence-corrected chi connectivity index (χ2v) is 7.01. The number of nitrogens with zero attached hydrogens (tertiary/aromatic N) is 2. The number of piperidine rings is 1. The lowest BCUT2D eigenvalue weighted by molar-refractivity contribution is 0.0608. The number of carbonyl (C=O) groups excluding carboxylic acids is 1. The monoisotopic (exact) mass is 367 g/mol. The highest BCUT2D eigenvalue weighted by Crippen LogP contribution is 2.22. The second kappa shape index (κ2) is 9.40. The molecule has 1 aliphatic rings. The number of hydrogen-bond acceptors (Lipinski definition) is 4. The Hall–Kier alpha value is -2.56. The van der Waals surface area contributed by atoms with Crippen molar-refractivity contribution in [1.29, 1.82) is 0 Å². The number of nitrogens with one attached hydrogen (secondary N) is 1. The second-order valence-electron chi connectivity index (χ2n) is 7.01. The summed E-state index contributed by atoms with van der Waals surface area (Å²) in [4.78, 5) is 19.3. The quantitative estimate of drug-likeness (QED) is 0.799. The number of benzene rings is 1. The Labute approximate surface area is 161 Å². The number of likely N-dealkylation sites (tertiary alicyclic amines) is 1. The van der Waals surface area contributed by atoms with Crippen LogP contribution in [0.1, 0.15) is 48.5 Å². The average Bonchev–Trinajstić information content (AvgIpc) is 2.73. The van der Waals surface area contributed by atoms with Gasteiger partial charge in [-0.15, -0.1) is 0 Å². The average molecular weight is 367 g/mol. The van der Waals surface area contributed by atoms with Crippen molar-refractivity contribution in [2.24, 2.45) is 0 Å². The fraction of sp³-hybridized carbons (Fsp3) is 0.455. The van der Waals surface area contributed by atoms with Gasteiger partial charge >= 0.3 is 0 Å². The lowest BCUT2D eigenvalue weighted by atomic mass is 9.99. The maximum Gasteiger partial charge on any atom is 0.254 e. The van der Waals surface area contributed by atoms with Crippen LogP contribution in [0.2, 0.25) is 0 Å². The van der Waals surface area contributed by atoms with Crippen LogP contribution in [0.15, 0.2) is 42.6 Å². The van der Waals surface area contributed by atoms with E-state index in [1.165, 1.54) is 12.0 Å². The van der Waals surface area contributed by atoms with Crippen LogP contribution < -0.4 is 10.1 Å². The van der Waals surface area contributed by atoms with E-state index in [0.717, 1.165) is 50.3 Å². The minimum atomic E-state index is 0.125. The summed E-state index contributed by atoms with van der Waals surface area (Å²) in [6.07, 6.45) is 7.02. The van der Waals surface area contributed by atoms with Gasteiger partial charge in [0.25, 0.3) is 5.91 Å². The standard InChI is InChI=1S/C22H29N3O2/c1-3-19-8-4-5-14-25(19)22(26)18-11-13-24-21(16-18)23-12-10-17-7-6-9-20(15-17)27-2/h6-7,9,11,13,15-16,19H,3-5,8,10,12,14H2,1-2H3,(H,23,24). The molecular formula is C22H29N3O2. The summed E-state index contributed by atoms with van der Waals surface area (Å²) in [6, 6.07) is 12.1. The summed E-state index contributed by atoms with van der Waals surface area (Å²) in [6.45, 7) is 3.77. The van der Waals surface area contributed by atoms with Crippen molar-refractivity contribution in [3.8, 4) is 5.75 Å². The van der Waals surface area contributed by atoms with Crippen molar-refractivity contribution in [1.82, 2.24) is 9.88 Å². The molecule has 1 aromatic heterocycles. The van der Waals surface area contributed by atoms with Gasteiger partial charge in [-0.05, 0) is 61.9 Å². The number of anilines is 1. The summed E-state index contributed by atoms with van der Waals surface area (Å²) in [5.41, 5.74) is 1.92. The summed E-state index contributed by atoms with van der Waals surface area (Å²) in [5, 5.41) is 3.33. The number of ether oxygens (including phenoxy) is 1. The predicted molar refractivity (Wildman–Crippen MR) is 108 cm³/mol. The van der Waals surface area contributed by atoms with E-state index >= 15 is 0 Å². The first-order valence-electron chi connectivity index (χ1n) is 9.85. The molecule has 0 spiro atoms. The van der Waals surface area contributed by atoms with E-state index in [9.17, 15) is 4.79 Å². The van der Waals surface area contributed by atoms with Gasteiger partial charge in [0, 0.05) is 30.9 Å². The molecule has 1 amide bonds. The van der Waals surface area contributed by atoms with Gasteiger partial charge in [0.1, 0.15) is 11.6 Å². The number of methoxy groups -OCH3 is 1. The molecule has 0 bridgehead atoms. The van der Waals surface area contributed by atoms with Gasteiger partial charge in [0.2, 0.25) is 0 Å². The number of amides is 1. The third-order valence-corrected chi connectivity index (χ3v) is 5.22. The summed E-state index contributed by atoms with van der Waals surface area (Å²) >= 11 is 0. The molecule has 0 radical (unpaired) electrons. The molecule has 3 rings (SSSR count). The lowest BCUT2D eigenvalue weighted by Crippen LogP contribution is -2.43. The molecule has 1 aromatic carbocycles. The molecule has 0 aliphatic carbocycles. The van der Waals surface area contributed by atoms with Crippen LogP contribution in [-0.2, 0) is 6.42 Å². The highest BCUT2D eigenvalue weighted by atomic mass is 16.5. The van der Waals surface area contributed by atoms with Crippen molar-refractivity contribution in [2.75, 3.05) is 25.5 Å².